The van der Waals surface area contributed by atoms with Gasteiger partial charge in [0.15, 0.2) is 15.5 Å². The normalized spacial score (nSPS) is 23.0. The molecule has 1 fully saturated rings. The van der Waals surface area contributed by atoms with Crippen molar-refractivity contribution in [1.29, 1.82) is 0 Å². The van der Waals surface area contributed by atoms with Crippen LogP contribution in [-0.2, 0) is 16.3 Å². The molecule has 41 heavy (non-hydrogen) atoms. The largest absolute Gasteiger partial charge is 0.390 e. The maximum atomic E-state index is 13.9. The topological polar surface area (TPSA) is 134 Å². The highest BCUT2D eigenvalue weighted by molar-refractivity contribution is 7.92. The molecule has 0 bridgehead atoms. The Kier molecular flexibility index (Phi) is 7.03. The molecule has 1 aromatic carbocycles. The van der Waals surface area contributed by atoms with Crippen LogP contribution in [0, 0.1) is 6.92 Å². The van der Waals surface area contributed by atoms with Crippen molar-refractivity contribution in [3.8, 4) is 0 Å². The number of rotatable bonds is 6. The van der Waals surface area contributed by atoms with Gasteiger partial charge in [0.25, 0.3) is 0 Å². The van der Waals surface area contributed by atoms with Crippen LogP contribution >= 0.6 is 0 Å². The van der Waals surface area contributed by atoms with Crippen LogP contribution in [0.4, 0.5) is 11.8 Å². The molecule has 4 aromatic rings. The molecule has 2 aliphatic carbocycles. The van der Waals surface area contributed by atoms with Gasteiger partial charge in [0.2, 0.25) is 5.95 Å². The van der Waals surface area contributed by atoms with Gasteiger partial charge in [-0.3, -0.25) is 0 Å². The second-order valence-electron chi connectivity index (χ2n) is 11.3. The quantitative estimate of drug-likeness (QED) is 0.310. The Morgan fingerprint density at radius 2 is 1.78 bits per heavy atom. The number of hydrogen-bond acceptors (Lipinski definition) is 9. The van der Waals surface area contributed by atoms with Gasteiger partial charge in [0.05, 0.1) is 33.3 Å². The fraction of sp³-hybridized carbons (Fsp3) is 0.400. The van der Waals surface area contributed by atoms with Crippen LogP contribution in [0.2, 0.25) is 0 Å². The van der Waals surface area contributed by atoms with E-state index in [0.29, 0.717) is 59.3 Å². The number of nitrogens with zero attached hydrogens (tertiary/aromatic N) is 5. The maximum Gasteiger partial charge on any atom is 0.225 e. The van der Waals surface area contributed by atoms with E-state index < -0.39 is 20.7 Å². The zero-order valence-electron chi connectivity index (χ0n) is 23.5. The smallest absolute Gasteiger partial charge is 0.225 e. The van der Waals surface area contributed by atoms with Crippen molar-refractivity contribution in [3.05, 3.63) is 77.4 Å². The average molecular weight is 574 g/mol. The number of nitrogens with one attached hydrogen (secondary N) is 2. The number of anilines is 2. The molecule has 214 valence electrons. The van der Waals surface area contributed by atoms with Gasteiger partial charge in [-0.15, -0.1) is 0 Å². The van der Waals surface area contributed by atoms with E-state index in [4.69, 9.17) is 15.0 Å². The lowest BCUT2D eigenvalue weighted by molar-refractivity contribution is 0.0195. The first-order valence-corrected chi connectivity index (χ1v) is 15.6. The number of benzene rings is 1. The summed E-state index contributed by atoms with van der Waals surface area (Å²) in [5.74, 6) is 1.10. The van der Waals surface area contributed by atoms with Crippen LogP contribution in [0.1, 0.15) is 61.5 Å². The lowest BCUT2D eigenvalue weighted by atomic mass is 9.84. The van der Waals surface area contributed by atoms with Gasteiger partial charge in [-0.1, -0.05) is 23.8 Å². The van der Waals surface area contributed by atoms with Crippen molar-refractivity contribution in [3.63, 3.8) is 0 Å². The highest BCUT2D eigenvalue weighted by Gasteiger charge is 2.33. The third-order valence-electron chi connectivity index (χ3n) is 8.19. The van der Waals surface area contributed by atoms with Crippen molar-refractivity contribution in [2.45, 2.75) is 74.2 Å². The number of sulfone groups is 1. The Hall–Kier alpha value is -3.83. The molecular formula is C30H35N7O3S. The molecule has 0 radical (unpaired) electrons. The molecule has 3 heterocycles. The minimum Gasteiger partial charge on any atom is -0.390 e. The van der Waals surface area contributed by atoms with E-state index in [2.05, 4.69) is 15.7 Å². The Morgan fingerprint density at radius 3 is 2.51 bits per heavy atom. The Balaban J connectivity index is 1.44. The molecule has 0 amide bonds. The number of aromatic nitrogens is 5. The molecule has 1 saturated carbocycles. The number of aryl methyl sites for hydroxylation is 2. The van der Waals surface area contributed by atoms with Crippen LogP contribution < -0.4 is 10.6 Å². The van der Waals surface area contributed by atoms with Gasteiger partial charge >= 0.3 is 0 Å². The first kappa shape index (κ1) is 27.3. The summed E-state index contributed by atoms with van der Waals surface area (Å²) in [6.45, 7) is 3.82. The standard InChI is InChI=1S/C30H35N7O3S/c1-19-4-6-21(7-5-19)41(39,40)22-8-9-25-27(23(18-22)24-13-17-37-26(34-24)12-16-32-37)28(31-3)36-29(35-25)33-20-10-14-30(2,38)15-11-20/h4-7,12-13,16-18,20,22,38H,8-11,14-15H2,1-3H3,(H2,31,33,35,36). The lowest BCUT2D eigenvalue weighted by Crippen LogP contribution is -2.36. The molecule has 1 unspecified atom stereocenters. The summed E-state index contributed by atoms with van der Waals surface area (Å²) in [5.41, 5.74) is 3.84. The molecule has 0 spiro atoms. The monoisotopic (exact) mass is 573 g/mol. The minimum absolute atomic E-state index is 0.152. The SMILES string of the molecule is CNc1nc(NC2CCC(C)(O)CC2)nc2c1C(c1ccn3nccc3n1)=CC(S(=O)(=O)c1ccc(C)cc1)CC2. The first-order chi connectivity index (χ1) is 19.6. The molecule has 0 saturated heterocycles. The van der Waals surface area contributed by atoms with Crippen molar-refractivity contribution in [2.75, 3.05) is 17.7 Å². The molecule has 10 nitrogen and oxygen atoms in total. The third-order valence-corrected chi connectivity index (χ3v) is 10.3. The third kappa shape index (κ3) is 5.43. The van der Waals surface area contributed by atoms with Gasteiger partial charge in [-0.05, 0) is 70.6 Å². The van der Waals surface area contributed by atoms with Crippen molar-refractivity contribution < 1.29 is 13.5 Å². The van der Waals surface area contributed by atoms with Crippen LogP contribution in [0.3, 0.4) is 0 Å². The predicted molar refractivity (Wildman–Crippen MR) is 159 cm³/mol. The van der Waals surface area contributed by atoms with Crippen LogP contribution in [0.5, 0.6) is 0 Å². The van der Waals surface area contributed by atoms with Gasteiger partial charge < -0.3 is 15.7 Å². The van der Waals surface area contributed by atoms with Crippen molar-refractivity contribution >= 4 is 32.8 Å². The van der Waals surface area contributed by atoms with Gasteiger partial charge in [0, 0.05) is 36.5 Å². The number of hydrogen-bond donors (Lipinski definition) is 3. The summed E-state index contributed by atoms with van der Waals surface area (Å²) in [4.78, 5) is 14.9. The highest BCUT2D eigenvalue weighted by atomic mass is 32.2. The molecule has 2 aliphatic rings. The fourth-order valence-corrected chi connectivity index (χ4v) is 7.35. The molecule has 3 aromatic heterocycles. The zero-order chi connectivity index (χ0) is 28.8. The van der Waals surface area contributed by atoms with E-state index in [1.165, 1.54) is 0 Å². The Labute approximate surface area is 239 Å². The minimum atomic E-state index is -3.69. The van der Waals surface area contributed by atoms with E-state index >= 15 is 0 Å². The highest BCUT2D eigenvalue weighted by Crippen LogP contribution is 2.38. The summed E-state index contributed by atoms with van der Waals surface area (Å²) >= 11 is 0. The van der Waals surface area contributed by atoms with Gasteiger partial charge in [-0.2, -0.15) is 10.1 Å². The summed E-state index contributed by atoms with van der Waals surface area (Å²) in [5, 5.41) is 20.6. The second-order valence-corrected chi connectivity index (χ2v) is 13.5. The van der Waals surface area contributed by atoms with Gasteiger partial charge in [0.1, 0.15) is 5.82 Å². The average Bonchev–Trinajstić information content (AvgIpc) is 3.33. The predicted octanol–water partition coefficient (Wildman–Crippen LogP) is 4.20. The summed E-state index contributed by atoms with van der Waals surface area (Å²) in [6, 6.07) is 10.8. The summed E-state index contributed by atoms with van der Waals surface area (Å²) in [7, 11) is -1.88. The maximum absolute atomic E-state index is 13.9. The van der Waals surface area contributed by atoms with E-state index in [1.54, 1.807) is 29.9 Å². The Morgan fingerprint density at radius 1 is 1.02 bits per heavy atom. The number of fused-ring (bicyclic) bond motifs is 2. The first-order valence-electron chi connectivity index (χ1n) is 14.0. The number of aliphatic hydroxyl groups is 1. The fourth-order valence-electron chi connectivity index (χ4n) is 5.74. The van der Waals surface area contributed by atoms with Crippen LogP contribution in [0.15, 0.2) is 59.8 Å². The van der Waals surface area contributed by atoms with E-state index in [1.807, 2.05) is 50.4 Å². The van der Waals surface area contributed by atoms with Crippen molar-refractivity contribution in [1.82, 2.24) is 24.6 Å². The van der Waals surface area contributed by atoms with E-state index in [9.17, 15) is 13.5 Å². The molecule has 1 atom stereocenters. The van der Waals surface area contributed by atoms with Gasteiger partial charge in [-0.25, -0.2) is 22.9 Å². The Bertz CT molecular complexity index is 1720. The zero-order valence-corrected chi connectivity index (χ0v) is 24.3. The van der Waals surface area contributed by atoms with E-state index in [0.717, 1.165) is 29.7 Å². The summed E-state index contributed by atoms with van der Waals surface area (Å²) < 4.78 is 29.5. The molecular weight excluding hydrogens is 538 g/mol. The summed E-state index contributed by atoms with van der Waals surface area (Å²) in [6.07, 6.45) is 9.19. The molecule has 0 aliphatic heterocycles. The molecule has 3 N–H and O–H groups in total. The molecule has 11 heteroatoms. The van der Waals surface area contributed by atoms with Crippen LogP contribution in [0.25, 0.3) is 11.2 Å². The molecule has 6 rings (SSSR count). The lowest BCUT2D eigenvalue weighted by Gasteiger charge is -2.33. The van der Waals surface area contributed by atoms with Crippen LogP contribution in [-0.4, -0.2) is 62.0 Å². The van der Waals surface area contributed by atoms with E-state index in [-0.39, 0.29) is 6.04 Å². The second kappa shape index (κ2) is 10.5. The van der Waals surface area contributed by atoms with Crippen molar-refractivity contribution in [2.24, 2.45) is 0 Å².